The van der Waals surface area contributed by atoms with Crippen molar-refractivity contribution in [2.24, 2.45) is 17.8 Å². The van der Waals surface area contributed by atoms with Gasteiger partial charge in [-0.3, -0.25) is 14.4 Å². The molecule has 0 aromatic carbocycles. The Kier molecular flexibility index (Phi) is 43.3. The van der Waals surface area contributed by atoms with E-state index >= 15 is 0 Å². The van der Waals surface area contributed by atoms with Gasteiger partial charge in [0.25, 0.3) is 0 Å². The molecule has 0 N–H and O–H groups in total. The van der Waals surface area contributed by atoms with Crippen LogP contribution in [0.3, 0.4) is 0 Å². The second-order valence-electron chi connectivity index (χ2n) is 19.1. The average Bonchev–Trinajstić information content (AvgIpc) is 3.22. The number of carbonyl (C=O) groups is 3. The van der Waals surface area contributed by atoms with Crippen LogP contribution in [-0.2, 0) is 28.6 Å². The van der Waals surface area contributed by atoms with Gasteiger partial charge in [0.2, 0.25) is 0 Å². The van der Waals surface area contributed by atoms with Gasteiger partial charge in [-0.2, -0.15) is 0 Å². The van der Waals surface area contributed by atoms with E-state index in [-0.39, 0.29) is 31.1 Å². The Bertz CT molecular complexity index is 918. The summed E-state index contributed by atoms with van der Waals surface area (Å²) in [6.07, 6.45) is 44.0. The normalized spacial score (nSPS) is 13.1. The molecular weight excluding hydrogens is 733 g/mol. The van der Waals surface area contributed by atoms with E-state index in [9.17, 15) is 14.4 Å². The molecule has 0 spiro atoms. The molecule has 0 rings (SSSR count). The van der Waals surface area contributed by atoms with E-state index in [0.717, 1.165) is 75.5 Å². The first-order valence-electron chi connectivity index (χ1n) is 26.2. The molecule has 0 aliphatic rings. The van der Waals surface area contributed by atoms with Crippen molar-refractivity contribution in [2.75, 3.05) is 13.2 Å². The molecule has 0 saturated heterocycles. The highest BCUT2D eigenvalue weighted by Crippen LogP contribution is 2.18. The van der Waals surface area contributed by atoms with Crippen LogP contribution in [0.5, 0.6) is 0 Å². The molecule has 0 aliphatic heterocycles. The average molecular weight is 835 g/mol. The van der Waals surface area contributed by atoms with Crippen LogP contribution < -0.4 is 0 Å². The summed E-state index contributed by atoms with van der Waals surface area (Å²) < 4.78 is 16.7. The molecule has 0 aromatic rings. The first kappa shape index (κ1) is 57.4. The van der Waals surface area contributed by atoms with E-state index in [2.05, 4.69) is 41.5 Å². The maximum atomic E-state index is 12.7. The minimum Gasteiger partial charge on any atom is -0.462 e. The first-order chi connectivity index (χ1) is 28.7. The molecule has 0 aromatic heterocycles. The third kappa shape index (κ3) is 44.3. The molecular formula is C53H102O6. The molecule has 0 amide bonds. The lowest BCUT2D eigenvalue weighted by atomic mass is 9.99. The summed E-state index contributed by atoms with van der Waals surface area (Å²) in [5, 5.41) is 0. The fourth-order valence-electron chi connectivity index (χ4n) is 7.87. The maximum Gasteiger partial charge on any atom is 0.306 e. The molecule has 0 fully saturated rings. The lowest BCUT2D eigenvalue weighted by Crippen LogP contribution is -2.30. The second kappa shape index (κ2) is 44.5. The summed E-state index contributed by atoms with van der Waals surface area (Å²) in [7, 11) is 0. The summed E-state index contributed by atoms with van der Waals surface area (Å²) >= 11 is 0. The number of esters is 3. The Morgan fingerprint density at radius 2 is 0.593 bits per heavy atom. The molecule has 2 unspecified atom stereocenters. The zero-order valence-corrected chi connectivity index (χ0v) is 40.5. The van der Waals surface area contributed by atoms with Gasteiger partial charge >= 0.3 is 17.9 Å². The molecule has 0 heterocycles. The third-order valence-electron chi connectivity index (χ3n) is 12.6. The van der Waals surface area contributed by atoms with Crippen molar-refractivity contribution < 1.29 is 28.6 Å². The minimum atomic E-state index is -0.763. The van der Waals surface area contributed by atoms with Crippen molar-refractivity contribution in [3.8, 4) is 0 Å². The Morgan fingerprint density at radius 1 is 0.339 bits per heavy atom. The molecule has 6 heteroatoms. The van der Waals surface area contributed by atoms with Gasteiger partial charge in [-0.1, -0.05) is 247 Å². The minimum absolute atomic E-state index is 0.0664. The summed E-state index contributed by atoms with van der Waals surface area (Å²) in [6.45, 7) is 13.7. The highest BCUT2D eigenvalue weighted by Gasteiger charge is 2.19. The lowest BCUT2D eigenvalue weighted by Gasteiger charge is -2.18. The first-order valence-corrected chi connectivity index (χ1v) is 26.2. The fraction of sp³-hybridized carbons (Fsp3) is 0.943. The number of hydrogen-bond acceptors (Lipinski definition) is 6. The van der Waals surface area contributed by atoms with Gasteiger partial charge in [0, 0.05) is 19.3 Å². The summed E-state index contributed by atoms with van der Waals surface area (Å²) in [4.78, 5) is 37.8. The van der Waals surface area contributed by atoms with E-state index in [1.165, 1.54) is 167 Å². The third-order valence-corrected chi connectivity index (χ3v) is 12.6. The van der Waals surface area contributed by atoms with Gasteiger partial charge in [-0.25, -0.2) is 0 Å². The molecule has 3 atom stereocenters. The van der Waals surface area contributed by atoms with Gasteiger partial charge in [0.05, 0.1) is 0 Å². The fourth-order valence-corrected chi connectivity index (χ4v) is 7.87. The van der Waals surface area contributed by atoms with Crippen LogP contribution in [0.2, 0.25) is 0 Å². The van der Waals surface area contributed by atoms with E-state index in [1.54, 1.807) is 0 Å². The Balaban J connectivity index is 4.14. The predicted molar refractivity (Wildman–Crippen MR) is 252 cm³/mol. The van der Waals surface area contributed by atoms with Crippen LogP contribution in [0.4, 0.5) is 0 Å². The van der Waals surface area contributed by atoms with E-state index in [1.807, 2.05) is 0 Å². The highest BCUT2D eigenvalue weighted by atomic mass is 16.6. The Labute approximate surface area is 368 Å². The van der Waals surface area contributed by atoms with E-state index < -0.39 is 6.10 Å². The number of ether oxygens (including phenoxy) is 3. The Hall–Kier alpha value is -1.59. The summed E-state index contributed by atoms with van der Waals surface area (Å²) in [5.41, 5.74) is 0. The van der Waals surface area contributed by atoms with Gasteiger partial charge in [0.1, 0.15) is 13.2 Å². The largest absolute Gasteiger partial charge is 0.462 e. The summed E-state index contributed by atoms with van der Waals surface area (Å²) in [5.74, 6) is 1.62. The molecule has 0 bridgehead atoms. The topological polar surface area (TPSA) is 78.9 Å². The van der Waals surface area contributed by atoms with Gasteiger partial charge in [-0.05, 0) is 37.0 Å². The lowest BCUT2D eigenvalue weighted by molar-refractivity contribution is -0.167. The molecule has 0 radical (unpaired) electrons. The van der Waals surface area contributed by atoms with Gasteiger partial charge in [-0.15, -0.1) is 0 Å². The van der Waals surface area contributed by atoms with Crippen LogP contribution in [-0.4, -0.2) is 37.2 Å². The van der Waals surface area contributed by atoms with Crippen molar-refractivity contribution in [2.45, 2.75) is 292 Å². The molecule has 350 valence electrons. The molecule has 59 heavy (non-hydrogen) atoms. The van der Waals surface area contributed by atoms with Crippen LogP contribution in [0.25, 0.3) is 0 Å². The second-order valence-corrected chi connectivity index (χ2v) is 19.1. The highest BCUT2D eigenvalue weighted by molar-refractivity contribution is 5.71. The van der Waals surface area contributed by atoms with Crippen molar-refractivity contribution in [3.05, 3.63) is 0 Å². The summed E-state index contributed by atoms with van der Waals surface area (Å²) in [6, 6.07) is 0. The smallest absolute Gasteiger partial charge is 0.306 e. The van der Waals surface area contributed by atoms with Crippen molar-refractivity contribution in [1.29, 1.82) is 0 Å². The molecule has 6 nitrogen and oxygen atoms in total. The van der Waals surface area contributed by atoms with Crippen LogP contribution in [0.1, 0.15) is 286 Å². The molecule has 0 aliphatic carbocycles. The van der Waals surface area contributed by atoms with Gasteiger partial charge in [0.15, 0.2) is 6.10 Å². The van der Waals surface area contributed by atoms with E-state index in [4.69, 9.17) is 14.2 Å². The van der Waals surface area contributed by atoms with Crippen LogP contribution in [0.15, 0.2) is 0 Å². The van der Waals surface area contributed by atoms with Crippen molar-refractivity contribution in [1.82, 2.24) is 0 Å². The SMILES string of the molecule is CCC(C)CCCCCCCCCCCCCCCCCCCCC(=O)OC[C@H](COC(=O)CCCCCCCCC(C)CC)OC(=O)CCCCCCCCC(C)C. The zero-order valence-electron chi connectivity index (χ0n) is 40.5. The van der Waals surface area contributed by atoms with Crippen LogP contribution in [0, 0.1) is 17.8 Å². The molecule has 0 saturated carbocycles. The number of rotatable bonds is 46. The zero-order chi connectivity index (χ0) is 43.4. The standard InChI is InChI=1S/C53H102O6/c1-7-48(5)40-34-28-21-19-17-15-13-11-9-10-12-14-16-18-20-22-30-36-42-51(54)57-45-50(59-53(56)44-38-32-25-23-27-33-39-47(3)4)46-58-52(55)43-37-31-26-24-29-35-41-49(6)8-2/h47-50H,7-46H2,1-6H3/t48?,49?,50-/m1/s1. The Morgan fingerprint density at radius 3 is 0.881 bits per heavy atom. The van der Waals surface area contributed by atoms with Gasteiger partial charge < -0.3 is 14.2 Å². The quantitative estimate of drug-likeness (QED) is 0.0345. The van der Waals surface area contributed by atoms with E-state index in [0.29, 0.717) is 19.3 Å². The number of carbonyl (C=O) groups excluding carboxylic acids is 3. The maximum absolute atomic E-state index is 12.7. The van der Waals surface area contributed by atoms with Crippen molar-refractivity contribution >= 4 is 17.9 Å². The predicted octanol–water partition coefficient (Wildman–Crippen LogP) is 16.8. The van der Waals surface area contributed by atoms with Crippen molar-refractivity contribution in [3.63, 3.8) is 0 Å². The number of unbranched alkanes of at least 4 members (excludes halogenated alkanes) is 27. The monoisotopic (exact) mass is 835 g/mol. The number of hydrogen-bond donors (Lipinski definition) is 0. The van der Waals surface area contributed by atoms with Crippen LogP contribution >= 0.6 is 0 Å².